The molecule has 0 heterocycles. The van der Waals surface area contributed by atoms with Crippen molar-refractivity contribution in [2.24, 2.45) is 0 Å². The first-order valence-electron chi connectivity index (χ1n) is 9.85. The van der Waals surface area contributed by atoms with Gasteiger partial charge in [-0.1, -0.05) is 12.1 Å². The zero-order valence-corrected chi connectivity index (χ0v) is 18.2. The van der Waals surface area contributed by atoms with E-state index in [-0.39, 0.29) is 16.7 Å². The lowest BCUT2D eigenvalue weighted by molar-refractivity contribution is 0.0941. The van der Waals surface area contributed by atoms with Crippen LogP contribution >= 0.6 is 0 Å². The van der Waals surface area contributed by atoms with Crippen molar-refractivity contribution in [1.82, 2.24) is 15.4 Å². The molecule has 3 N–H and O–H groups in total. The summed E-state index contributed by atoms with van der Waals surface area (Å²) in [6, 6.07) is 13.2. The zero-order chi connectivity index (χ0) is 21.9. The Morgan fingerprint density at radius 2 is 1.43 bits per heavy atom. The number of sulfonamides is 1. The summed E-state index contributed by atoms with van der Waals surface area (Å²) in [4.78, 5) is 24.5. The van der Waals surface area contributed by atoms with Crippen molar-refractivity contribution in [2.75, 3.05) is 0 Å². The number of benzene rings is 2. The molecule has 2 amide bonds. The molecule has 1 saturated carbocycles. The maximum atomic E-state index is 12.4. The lowest BCUT2D eigenvalue weighted by Crippen LogP contribution is -2.40. The molecule has 0 aromatic heterocycles. The third-order valence-corrected chi connectivity index (χ3v) is 6.22. The Morgan fingerprint density at radius 1 is 0.900 bits per heavy atom. The Bertz CT molecular complexity index is 1020. The molecule has 0 saturated heterocycles. The van der Waals surface area contributed by atoms with Gasteiger partial charge < -0.3 is 10.6 Å². The minimum atomic E-state index is -3.65. The molecule has 0 spiro atoms. The highest BCUT2D eigenvalue weighted by molar-refractivity contribution is 7.89. The minimum absolute atomic E-state index is 0.0796. The van der Waals surface area contributed by atoms with Crippen LogP contribution in [0.15, 0.2) is 53.4 Å². The van der Waals surface area contributed by atoms with Crippen LogP contribution in [-0.2, 0) is 16.6 Å². The summed E-state index contributed by atoms with van der Waals surface area (Å²) in [6.07, 6.45) is 2.08. The maximum absolute atomic E-state index is 12.4. The second kappa shape index (κ2) is 8.57. The number of hydrogen-bond donors (Lipinski definition) is 3. The van der Waals surface area contributed by atoms with Gasteiger partial charge in [0.1, 0.15) is 0 Å². The monoisotopic (exact) mass is 429 g/mol. The first-order chi connectivity index (χ1) is 14.0. The fourth-order valence-corrected chi connectivity index (χ4v) is 4.22. The van der Waals surface area contributed by atoms with E-state index in [9.17, 15) is 18.0 Å². The van der Waals surface area contributed by atoms with Crippen molar-refractivity contribution in [2.45, 2.75) is 56.6 Å². The lowest BCUT2D eigenvalue weighted by Gasteiger charge is -2.20. The van der Waals surface area contributed by atoms with Crippen molar-refractivity contribution >= 4 is 21.8 Å². The molecule has 0 unspecified atom stereocenters. The number of amides is 2. The number of nitrogens with one attached hydrogen (secondary N) is 3. The van der Waals surface area contributed by atoms with Crippen molar-refractivity contribution < 1.29 is 18.0 Å². The molecule has 7 nitrogen and oxygen atoms in total. The Labute approximate surface area is 177 Å². The van der Waals surface area contributed by atoms with Crippen LogP contribution in [0.4, 0.5) is 0 Å². The molecule has 1 aliphatic carbocycles. The molecule has 160 valence electrons. The van der Waals surface area contributed by atoms with Gasteiger partial charge in [-0.05, 0) is 75.6 Å². The van der Waals surface area contributed by atoms with Gasteiger partial charge in [-0.15, -0.1) is 0 Å². The average Bonchev–Trinajstić information content (AvgIpc) is 3.48. The molecule has 3 rings (SSSR count). The Kier molecular flexibility index (Phi) is 6.28. The van der Waals surface area contributed by atoms with Gasteiger partial charge in [0, 0.05) is 29.3 Å². The van der Waals surface area contributed by atoms with Crippen molar-refractivity contribution in [3.05, 3.63) is 65.2 Å². The first-order valence-corrected chi connectivity index (χ1v) is 11.3. The van der Waals surface area contributed by atoms with E-state index >= 15 is 0 Å². The second-order valence-electron chi connectivity index (χ2n) is 8.51. The molecular formula is C22H27N3O4S. The quantitative estimate of drug-likeness (QED) is 0.629. The van der Waals surface area contributed by atoms with E-state index in [0.717, 1.165) is 18.4 Å². The highest BCUT2D eigenvalue weighted by Crippen LogP contribution is 2.19. The fraction of sp³-hybridized carbons (Fsp3) is 0.364. The number of carbonyl (C=O) groups excluding carboxylic acids is 2. The minimum Gasteiger partial charge on any atom is -0.349 e. The van der Waals surface area contributed by atoms with Crippen LogP contribution in [0.3, 0.4) is 0 Å². The van der Waals surface area contributed by atoms with Crippen LogP contribution in [0, 0.1) is 0 Å². The van der Waals surface area contributed by atoms with Crippen LogP contribution < -0.4 is 15.4 Å². The van der Waals surface area contributed by atoms with Crippen LogP contribution in [-0.4, -0.2) is 31.8 Å². The van der Waals surface area contributed by atoms with Gasteiger partial charge in [-0.25, -0.2) is 13.1 Å². The van der Waals surface area contributed by atoms with Gasteiger partial charge in [0.15, 0.2) is 0 Å². The normalized spacial score (nSPS) is 14.2. The van der Waals surface area contributed by atoms with E-state index in [1.165, 1.54) is 24.3 Å². The summed E-state index contributed by atoms with van der Waals surface area (Å²) < 4.78 is 27.3. The third-order valence-electron chi connectivity index (χ3n) is 4.45. The smallest absolute Gasteiger partial charge is 0.251 e. The van der Waals surface area contributed by atoms with Crippen molar-refractivity contribution in [1.29, 1.82) is 0 Å². The summed E-state index contributed by atoms with van der Waals surface area (Å²) in [5, 5.41) is 5.73. The largest absolute Gasteiger partial charge is 0.349 e. The summed E-state index contributed by atoms with van der Waals surface area (Å²) >= 11 is 0. The van der Waals surface area contributed by atoms with E-state index in [0.29, 0.717) is 23.7 Å². The number of carbonyl (C=O) groups is 2. The standard InChI is InChI=1S/C22H27N3O4S/c1-22(2,3)25-30(28,29)19-12-8-16(9-13-19)20(26)23-14-15-4-6-17(7-5-15)21(27)24-18-10-11-18/h4-9,12-13,18,25H,10-11,14H2,1-3H3,(H,23,26)(H,24,27). The number of rotatable bonds is 7. The van der Waals surface area contributed by atoms with E-state index in [1.54, 1.807) is 45.0 Å². The predicted molar refractivity (Wildman–Crippen MR) is 115 cm³/mol. The highest BCUT2D eigenvalue weighted by atomic mass is 32.2. The van der Waals surface area contributed by atoms with Gasteiger partial charge in [-0.3, -0.25) is 9.59 Å². The van der Waals surface area contributed by atoms with E-state index < -0.39 is 15.6 Å². The van der Waals surface area contributed by atoms with Crippen LogP contribution in [0.5, 0.6) is 0 Å². The molecule has 0 atom stereocenters. The first kappa shape index (κ1) is 22.0. The van der Waals surface area contributed by atoms with Gasteiger partial charge in [0.05, 0.1) is 4.90 Å². The summed E-state index contributed by atoms with van der Waals surface area (Å²) in [5.74, 6) is -0.387. The molecule has 2 aromatic rings. The van der Waals surface area contributed by atoms with Crippen LogP contribution in [0.25, 0.3) is 0 Å². The van der Waals surface area contributed by atoms with E-state index in [1.807, 2.05) is 0 Å². The number of hydrogen-bond acceptors (Lipinski definition) is 4. The predicted octanol–water partition coefficient (Wildman–Crippen LogP) is 2.59. The summed E-state index contributed by atoms with van der Waals surface area (Å²) in [7, 11) is -3.65. The van der Waals surface area contributed by atoms with Gasteiger partial charge in [-0.2, -0.15) is 0 Å². The fourth-order valence-electron chi connectivity index (χ4n) is 2.80. The maximum Gasteiger partial charge on any atom is 0.251 e. The molecule has 30 heavy (non-hydrogen) atoms. The average molecular weight is 430 g/mol. The molecule has 2 aromatic carbocycles. The van der Waals surface area contributed by atoms with Crippen LogP contribution in [0.2, 0.25) is 0 Å². The molecule has 0 radical (unpaired) electrons. The van der Waals surface area contributed by atoms with E-state index in [4.69, 9.17) is 0 Å². The zero-order valence-electron chi connectivity index (χ0n) is 17.4. The lowest BCUT2D eigenvalue weighted by atomic mass is 10.1. The molecule has 0 aliphatic heterocycles. The molecule has 1 aliphatic rings. The van der Waals surface area contributed by atoms with Gasteiger partial charge in [0.2, 0.25) is 10.0 Å². The van der Waals surface area contributed by atoms with E-state index in [2.05, 4.69) is 15.4 Å². The Hall–Kier alpha value is -2.71. The van der Waals surface area contributed by atoms with Crippen molar-refractivity contribution in [3.63, 3.8) is 0 Å². The molecule has 0 bridgehead atoms. The topological polar surface area (TPSA) is 104 Å². The second-order valence-corrected chi connectivity index (χ2v) is 10.2. The SMILES string of the molecule is CC(C)(C)NS(=O)(=O)c1ccc(C(=O)NCc2ccc(C(=O)NC3CC3)cc2)cc1. The highest BCUT2D eigenvalue weighted by Gasteiger charge is 2.24. The van der Waals surface area contributed by atoms with Gasteiger partial charge in [0.25, 0.3) is 11.8 Å². The summed E-state index contributed by atoms with van der Waals surface area (Å²) in [6.45, 7) is 5.59. The third kappa shape index (κ3) is 6.14. The van der Waals surface area contributed by atoms with Gasteiger partial charge >= 0.3 is 0 Å². The Morgan fingerprint density at radius 3 is 1.97 bits per heavy atom. The van der Waals surface area contributed by atoms with Crippen LogP contribution in [0.1, 0.15) is 59.9 Å². The van der Waals surface area contributed by atoms with Crippen molar-refractivity contribution in [3.8, 4) is 0 Å². The summed E-state index contributed by atoms with van der Waals surface area (Å²) in [5.41, 5.74) is 1.23. The molecular weight excluding hydrogens is 402 g/mol. The Balaban J connectivity index is 1.56. The molecule has 1 fully saturated rings. The molecule has 8 heteroatoms.